The number of fused-ring (bicyclic) bond motifs is 1. The number of rotatable bonds is 8. The van der Waals surface area contributed by atoms with Crippen molar-refractivity contribution in [2.24, 2.45) is 18.7 Å². The van der Waals surface area contributed by atoms with Gasteiger partial charge in [-0.3, -0.25) is 23.3 Å². The molecule has 0 spiro atoms. The number of carbonyl (C=O) groups is 1. The fraction of sp³-hybridized carbons (Fsp3) is 0.692. The first-order valence-corrected chi connectivity index (χ1v) is 13.3. The van der Waals surface area contributed by atoms with E-state index in [-0.39, 0.29) is 29.2 Å². The van der Waals surface area contributed by atoms with Crippen LogP contribution in [0.1, 0.15) is 46.0 Å². The Morgan fingerprint density at radius 3 is 2.57 bits per heavy atom. The summed E-state index contributed by atoms with van der Waals surface area (Å²) in [7, 11) is 1.66. The van der Waals surface area contributed by atoms with Crippen molar-refractivity contribution in [3.8, 4) is 11.8 Å². The molecule has 2 aromatic rings. The van der Waals surface area contributed by atoms with Gasteiger partial charge < -0.3 is 20.3 Å². The zero-order valence-electron chi connectivity index (χ0n) is 22.2. The van der Waals surface area contributed by atoms with Gasteiger partial charge in [0.1, 0.15) is 0 Å². The van der Waals surface area contributed by atoms with Crippen molar-refractivity contribution in [1.29, 1.82) is 0 Å². The van der Waals surface area contributed by atoms with E-state index in [1.54, 1.807) is 14.0 Å². The van der Waals surface area contributed by atoms with Crippen molar-refractivity contribution in [2.45, 2.75) is 65.1 Å². The zero-order valence-corrected chi connectivity index (χ0v) is 22.2. The molecule has 2 N–H and O–H groups in total. The number of carbonyl (C=O) groups excluding carboxylic acids is 1. The molecule has 202 valence electrons. The number of hydrogen-bond donors (Lipinski definition) is 1. The molecule has 2 aliphatic rings. The van der Waals surface area contributed by atoms with Crippen molar-refractivity contribution in [1.82, 2.24) is 23.6 Å². The third-order valence-electron chi connectivity index (χ3n) is 7.43. The van der Waals surface area contributed by atoms with Crippen LogP contribution in [0.5, 0.6) is 0 Å². The topological polar surface area (TPSA) is 121 Å². The quantitative estimate of drug-likeness (QED) is 0.401. The Kier molecular flexibility index (Phi) is 8.71. The lowest BCUT2D eigenvalue weighted by atomic mass is 9.97. The summed E-state index contributed by atoms with van der Waals surface area (Å²) in [4.78, 5) is 47.9. The molecule has 4 heterocycles. The first-order chi connectivity index (χ1) is 17.8. The molecule has 1 atom stereocenters. The van der Waals surface area contributed by atoms with E-state index >= 15 is 0 Å². The molecule has 0 radical (unpaired) electrons. The van der Waals surface area contributed by atoms with Crippen LogP contribution in [0.25, 0.3) is 11.2 Å². The summed E-state index contributed by atoms with van der Waals surface area (Å²) >= 11 is 0. The standard InChI is InChI=1S/C26H39N7O4/c1-4-6-14-32-21-22(28-25(32)31-13-7-9-20(27)18-31)29(3)26(36)33(23(21)34)15-8-12-30-16-10-19(11-17-30)24(35)37-5-2/h19-20H,5,7-18,27H2,1-3H3/t20-/m1/s1. The maximum absolute atomic E-state index is 13.6. The Bertz CT molecular complexity index is 1290. The molecule has 11 heteroatoms. The van der Waals surface area contributed by atoms with E-state index in [1.807, 2.05) is 11.5 Å². The summed E-state index contributed by atoms with van der Waals surface area (Å²) in [5.41, 5.74) is 6.28. The van der Waals surface area contributed by atoms with E-state index in [1.165, 1.54) is 9.13 Å². The van der Waals surface area contributed by atoms with Gasteiger partial charge in [-0.25, -0.2) is 4.79 Å². The maximum Gasteiger partial charge on any atom is 0.332 e. The van der Waals surface area contributed by atoms with Crippen LogP contribution in [0.4, 0.5) is 5.95 Å². The van der Waals surface area contributed by atoms with Crippen LogP contribution >= 0.6 is 0 Å². The number of piperidine rings is 2. The summed E-state index contributed by atoms with van der Waals surface area (Å²) in [5, 5.41) is 0. The normalized spacial score (nSPS) is 19.1. The van der Waals surface area contributed by atoms with Gasteiger partial charge in [-0.15, -0.1) is 5.92 Å². The fourth-order valence-corrected chi connectivity index (χ4v) is 5.40. The third-order valence-corrected chi connectivity index (χ3v) is 7.43. The molecule has 0 bridgehead atoms. The van der Waals surface area contributed by atoms with E-state index in [2.05, 4.69) is 21.6 Å². The summed E-state index contributed by atoms with van der Waals surface area (Å²) in [5.74, 6) is 6.46. The number of ether oxygens (including phenoxy) is 1. The first-order valence-electron chi connectivity index (χ1n) is 13.3. The van der Waals surface area contributed by atoms with Gasteiger partial charge in [-0.05, 0) is 65.6 Å². The highest BCUT2D eigenvalue weighted by atomic mass is 16.5. The van der Waals surface area contributed by atoms with Gasteiger partial charge in [0.2, 0.25) is 5.95 Å². The Morgan fingerprint density at radius 1 is 1.14 bits per heavy atom. The highest BCUT2D eigenvalue weighted by Gasteiger charge is 2.27. The second kappa shape index (κ2) is 12.0. The molecule has 0 aliphatic carbocycles. The van der Waals surface area contributed by atoms with Crippen molar-refractivity contribution in [2.75, 3.05) is 44.2 Å². The summed E-state index contributed by atoms with van der Waals surface area (Å²) < 4.78 is 9.77. The minimum absolute atomic E-state index is 0.0383. The van der Waals surface area contributed by atoms with Gasteiger partial charge in [-0.1, -0.05) is 5.92 Å². The SMILES string of the molecule is CC#CCn1c(N2CCC[C@@H](N)C2)nc2c1c(=O)n(CCCN1CCC(C(=O)OCC)CC1)c(=O)n2C. The van der Waals surface area contributed by atoms with Gasteiger partial charge >= 0.3 is 11.7 Å². The van der Waals surface area contributed by atoms with E-state index < -0.39 is 0 Å². The lowest BCUT2D eigenvalue weighted by molar-refractivity contribution is -0.149. The Morgan fingerprint density at radius 2 is 1.89 bits per heavy atom. The Balaban J connectivity index is 1.54. The fourth-order valence-electron chi connectivity index (χ4n) is 5.40. The number of imidazole rings is 1. The van der Waals surface area contributed by atoms with Gasteiger partial charge in [0, 0.05) is 32.7 Å². The van der Waals surface area contributed by atoms with Gasteiger partial charge in [0.05, 0.1) is 19.1 Å². The van der Waals surface area contributed by atoms with E-state index in [4.69, 9.17) is 15.5 Å². The average molecular weight is 514 g/mol. The predicted molar refractivity (Wildman–Crippen MR) is 143 cm³/mol. The van der Waals surface area contributed by atoms with E-state index in [0.717, 1.165) is 51.9 Å². The van der Waals surface area contributed by atoms with Crippen LogP contribution in [0.2, 0.25) is 0 Å². The number of hydrogen-bond acceptors (Lipinski definition) is 8. The molecule has 0 aromatic carbocycles. The monoisotopic (exact) mass is 513 g/mol. The molecular weight excluding hydrogens is 474 g/mol. The minimum atomic E-state index is -0.369. The molecule has 4 rings (SSSR count). The molecule has 2 saturated heterocycles. The van der Waals surface area contributed by atoms with Crippen LogP contribution in [-0.4, -0.2) is 74.9 Å². The molecule has 0 saturated carbocycles. The molecule has 2 fully saturated rings. The van der Waals surface area contributed by atoms with Crippen molar-refractivity contribution >= 4 is 23.1 Å². The average Bonchev–Trinajstić information content (AvgIpc) is 3.28. The number of nitrogens with two attached hydrogens (primary N) is 1. The van der Waals surface area contributed by atoms with Gasteiger partial charge in [0.25, 0.3) is 5.56 Å². The molecule has 0 amide bonds. The maximum atomic E-state index is 13.6. The second-order valence-corrected chi connectivity index (χ2v) is 9.97. The van der Waals surface area contributed by atoms with Gasteiger partial charge in [-0.2, -0.15) is 4.98 Å². The van der Waals surface area contributed by atoms with Crippen molar-refractivity contribution < 1.29 is 9.53 Å². The number of anilines is 1. The van der Waals surface area contributed by atoms with Crippen LogP contribution in [-0.2, 0) is 29.7 Å². The van der Waals surface area contributed by atoms with Crippen LogP contribution in [0.3, 0.4) is 0 Å². The highest BCUT2D eigenvalue weighted by Crippen LogP contribution is 2.23. The van der Waals surface area contributed by atoms with Crippen molar-refractivity contribution in [3.63, 3.8) is 0 Å². The third kappa shape index (κ3) is 5.75. The van der Waals surface area contributed by atoms with E-state index in [9.17, 15) is 14.4 Å². The molecule has 11 nitrogen and oxygen atoms in total. The Labute approximate surface area is 217 Å². The predicted octanol–water partition coefficient (Wildman–Crippen LogP) is 0.513. The molecule has 2 aromatic heterocycles. The molecular formula is C26H39N7O4. The number of aryl methyl sites for hydroxylation is 1. The summed E-state index contributed by atoms with van der Waals surface area (Å²) in [6.45, 7) is 8.43. The second-order valence-electron chi connectivity index (χ2n) is 9.97. The van der Waals surface area contributed by atoms with E-state index in [0.29, 0.717) is 49.8 Å². The Hall–Kier alpha value is -3.10. The first kappa shape index (κ1) is 26.9. The number of likely N-dealkylation sites (tertiary alicyclic amines) is 1. The highest BCUT2D eigenvalue weighted by molar-refractivity contribution is 5.75. The molecule has 37 heavy (non-hydrogen) atoms. The molecule has 0 unspecified atom stereocenters. The van der Waals surface area contributed by atoms with Crippen LogP contribution < -0.4 is 21.9 Å². The summed E-state index contributed by atoms with van der Waals surface area (Å²) in [6, 6.07) is 0.0436. The number of esters is 1. The van der Waals surface area contributed by atoms with Crippen LogP contribution in [0.15, 0.2) is 9.59 Å². The zero-order chi connectivity index (χ0) is 26.5. The molecule has 2 aliphatic heterocycles. The van der Waals surface area contributed by atoms with Crippen LogP contribution in [0, 0.1) is 17.8 Å². The lowest BCUT2D eigenvalue weighted by Crippen LogP contribution is -2.44. The number of aromatic nitrogens is 4. The summed E-state index contributed by atoms with van der Waals surface area (Å²) in [6.07, 6.45) is 4.10. The van der Waals surface area contributed by atoms with Crippen molar-refractivity contribution in [3.05, 3.63) is 20.8 Å². The van der Waals surface area contributed by atoms with Gasteiger partial charge in [0.15, 0.2) is 11.2 Å². The number of nitrogens with zero attached hydrogens (tertiary/aromatic N) is 6. The smallest absolute Gasteiger partial charge is 0.332 e. The minimum Gasteiger partial charge on any atom is -0.466 e. The largest absolute Gasteiger partial charge is 0.466 e. The lowest BCUT2D eigenvalue weighted by Gasteiger charge is -2.31.